The van der Waals surface area contributed by atoms with Crippen LogP contribution >= 0.6 is 0 Å². The fourth-order valence-corrected chi connectivity index (χ4v) is 3.67. The molecular weight excluding hydrogens is 320 g/mol. The Morgan fingerprint density at radius 3 is 2.43 bits per heavy atom. The first-order valence-electron chi connectivity index (χ1n) is 7.45. The Bertz CT molecular complexity index is 788. The Balaban J connectivity index is 1.80. The summed E-state index contributed by atoms with van der Waals surface area (Å²) >= 11 is 0. The number of benzene rings is 2. The van der Waals surface area contributed by atoms with E-state index in [-0.39, 0.29) is 10.9 Å². The van der Waals surface area contributed by atoms with Crippen LogP contribution in [0.4, 0.5) is 14.5 Å². The molecule has 6 heteroatoms. The van der Waals surface area contributed by atoms with Crippen molar-refractivity contribution in [2.24, 2.45) is 0 Å². The molecule has 0 fully saturated rings. The normalized spacial score (nSPS) is 17.8. The van der Waals surface area contributed by atoms with Crippen LogP contribution in [0.3, 0.4) is 0 Å². The lowest BCUT2D eigenvalue weighted by Crippen LogP contribution is -2.17. The number of sulfone groups is 1. The Kier molecular flexibility index (Phi) is 4.35. The summed E-state index contributed by atoms with van der Waals surface area (Å²) in [6, 6.07) is 13.9. The van der Waals surface area contributed by atoms with E-state index in [1.165, 1.54) is 35.4 Å². The van der Waals surface area contributed by atoms with Crippen molar-refractivity contribution in [1.29, 1.82) is 0 Å². The second kappa shape index (κ2) is 6.28. The van der Waals surface area contributed by atoms with E-state index in [9.17, 15) is 17.2 Å². The predicted molar refractivity (Wildman–Crippen MR) is 85.4 cm³/mol. The second-order valence-corrected chi connectivity index (χ2v) is 7.54. The zero-order valence-electron chi connectivity index (χ0n) is 12.4. The molecule has 122 valence electrons. The summed E-state index contributed by atoms with van der Waals surface area (Å²) in [5, 5.41) is 3.36. The van der Waals surface area contributed by atoms with Gasteiger partial charge in [-0.15, -0.1) is 0 Å². The third-order valence-electron chi connectivity index (χ3n) is 4.13. The van der Waals surface area contributed by atoms with Gasteiger partial charge in [-0.2, -0.15) is 8.78 Å². The van der Waals surface area contributed by atoms with Crippen molar-refractivity contribution >= 4 is 15.5 Å². The highest BCUT2D eigenvalue weighted by Gasteiger charge is 2.26. The molecule has 2 aromatic carbocycles. The van der Waals surface area contributed by atoms with Gasteiger partial charge in [0.2, 0.25) is 9.84 Å². The van der Waals surface area contributed by atoms with Gasteiger partial charge in [0.05, 0.1) is 10.9 Å². The molecule has 23 heavy (non-hydrogen) atoms. The zero-order chi connectivity index (χ0) is 16.4. The van der Waals surface area contributed by atoms with Crippen LogP contribution in [-0.4, -0.2) is 14.2 Å². The Labute approximate surface area is 134 Å². The van der Waals surface area contributed by atoms with Crippen molar-refractivity contribution in [3.05, 3.63) is 59.7 Å². The fraction of sp³-hybridized carbons (Fsp3) is 0.294. The third kappa shape index (κ3) is 3.22. The lowest BCUT2D eigenvalue weighted by atomic mass is 9.87. The van der Waals surface area contributed by atoms with Crippen LogP contribution in [0.25, 0.3) is 0 Å². The van der Waals surface area contributed by atoms with Crippen molar-refractivity contribution in [3.8, 4) is 0 Å². The minimum Gasteiger partial charge on any atom is -0.378 e. The quantitative estimate of drug-likeness (QED) is 0.911. The largest absolute Gasteiger partial charge is 0.378 e. The van der Waals surface area contributed by atoms with Gasteiger partial charge < -0.3 is 5.32 Å². The minimum absolute atomic E-state index is 0.150. The van der Waals surface area contributed by atoms with Gasteiger partial charge in [0.25, 0.3) is 0 Å². The van der Waals surface area contributed by atoms with Crippen molar-refractivity contribution < 1.29 is 17.2 Å². The van der Waals surface area contributed by atoms with E-state index in [1.807, 2.05) is 12.1 Å². The molecule has 1 aliphatic carbocycles. The highest BCUT2D eigenvalue weighted by molar-refractivity contribution is 7.91. The van der Waals surface area contributed by atoms with Crippen LogP contribution in [0.15, 0.2) is 53.4 Å². The maximum atomic E-state index is 12.5. The highest BCUT2D eigenvalue weighted by Crippen LogP contribution is 2.32. The lowest BCUT2D eigenvalue weighted by Gasteiger charge is -2.27. The Morgan fingerprint density at radius 1 is 1.04 bits per heavy atom. The van der Waals surface area contributed by atoms with Gasteiger partial charge >= 0.3 is 5.76 Å². The molecule has 3 rings (SSSR count). The Hall–Kier alpha value is -1.95. The van der Waals surface area contributed by atoms with Gasteiger partial charge in [0.1, 0.15) is 0 Å². The molecule has 3 nitrogen and oxygen atoms in total. The van der Waals surface area contributed by atoms with Crippen molar-refractivity contribution in [2.45, 2.75) is 36.0 Å². The number of rotatable bonds is 4. The molecule has 0 saturated carbocycles. The van der Waals surface area contributed by atoms with Crippen LogP contribution < -0.4 is 5.32 Å². The molecule has 0 saturated heterocycles. The summed E-state index contributed by atoms with van der Waals surface area (Å²) in [6.07, 6.45) is 3.11. The summed E-state index contributed by atoms with van der Waals surface area (Å²) in [5.74, 6) is -3.40. The van der Waals surface area contributed by atoms with E-state index < -0.39 is 15.6 Å². The van der Waals surface area contributed by atoms with Gasteiger partial charge in [0.15, 0.2) is 0 Å². The molecule has 0 amide bonds. The first-order valence-corrected chi connectivity index (χ1v) is 8.99. The molecule has 0 spiro atoms. The molecule has 0 heterocycles. The molecule has 0 bridgehead atoms. The van der Waals surface area contributed by atoms with Gasteiger partial charge in [-0.25, -0.2) is 8.42 Å². The van der Waals surface area contributed by atoms with Crippen LogP contribution in [0.5, 0.6) is 0 Å². The molecule has 1 atom stereocenters. The summed E-state index contributed by atoms with van der Waals surface area (Å²) in [4.78, 5) is -0.359. The second-order valence-electron chi connectivity index (χ2n) is 5.62. The third-order valence-corrected chi connectivity index (χ3v) is 5.53. The van der Waals surface area contributed by atoms with Crippen LogP contribution in [0.1, 0.15) is 30.0 Å². The molecule has 0 aromatic heterocycles. The molecule has 0 unspecified atom stereocenters. The maximum absolute atomic E-state index is 12.5. The van der Waals surface area contributed by atoms with E-state index >= 15 is 0 Å². The first kappa shape index (κ1) is 15.9. The topological polar surface area (TPSA) is 46.2 Å². The number of hydrogen-bond acceptors (Lipinski definition) is 3. The van der Waals surface area contributed by atoms with Gasteiger partial charge in [-0.1, -0.05) is 24.3 Å². The maximum Gasteiger partial charge on any atom is 0.341 e. The average Bonchev–Trinajstić information content (AvgIpc) is 2.55. The zero-order valence-corrected chi connectivity index (χ0v) is 13.2. The smallest absolute Gasteiger partial charge is 0.341 e. The molecule has 1 N–H and O–H groups in total. The number of aryl methyl sites for hydroxylation is 1. The van der Waals surface area contributed by atoms with Crippen molar-refractivity contribution in [1.82, 2.24) is 0 Å². The van der Waals surface area contributed by atoms with E-state index in [4.69, 9.17) is 0 Å². The molecule has 1 aliphatic rings. The number of halogens is 2. The van der Waals surface area contributed by atoms with Crippen molar-refractivity contribution in [3.63, 3.8) is 0 Å². The van der Waals surface area contributed by atoms with E-state index in [0.29, 0.717) is 0 Å². The minimum atomic E-state index is -4.54. The summed E-state index contributed by atoms with van der Waals surface area (Å²) in [5.41, 5.74) is 3.27. The van der Waals surface area contributed by atoms with Gasteiger partial charge in [0, 0.05) is 5.69 Å². The first-order chi connectivity index (χ1) is 11.0. The lowest BCUT2D eigenvalue weighted by molar-refractivity contribution is 0.234. The van der Waals surface area contributed by atoms with Gasteiger partial charge in [-0.05, 0) is 54.7 Å². The van der Waals surface area contributed by atoms with E-state index in [1.54, 1.807) is 0 Å². The molecule has 0 aliphatic heterocycles. The fourth-order valence-electron chi connectivity index (χ4n) is 2.95. The molecule has 0 radical (unpaired) electrons. The van der Waals surface area contributed by atoms with E-state index in [2.05, 4.69) is 17.4 Å². The summed E-state index contributed by atoms with van der Waals surface area (Å²) in [6.45, 7) is 0. The number of anilines is 1. The number of nitrogens with one attached hydrogen (secondary N) is 1. The standard InChI is InChI=1S/C17H17F2NO2S/c18-17(19)23(21,22)14-10-8-13(9-11-14)20-16-7-3-5-12-4-1-2-6-15(12)16/h1-2,4,6,8-11,16-17,20H,3,5,7H2/t16-/m0/s1. The number of alkyl halides is 2. The van der Waals surface area contributed by atoms with Gasteiger partial charge in [-0.3, -0.25) is 0 Å². The Morgan fingerprint density at radius 2 is 1.74 bits per heavy atom. The average molecular weight is 337 g/mol. The molecular formula is C17H17F2NO2S. The van der Waals surface area contributed by atoms with Crippen LogP contribution in [0.2, 0.25) is 0 Å². The number of fused-ring (bicyclic) bond motifs is 1. The number of hydrogen-bond donors (Lipinski definition) is 1. The summed E-state index contributed by atoms with van der Waals surface area (Å²) < 4.78 is 47.9. The summed E-state index contributed by atoms with van der Waals surface area (Å²) in [7, 11) is -4.54. The highest BCUT2D eigenvalue weighted by atomic mass is 32.2. The SMILES string of the molecule is O=S(=O)(c1ccc(N[C@H]2CCCc3ccccc32)cc1)C(F)F. The van der Waals surface area contributed by atoms with Crippen LogP contribution in [0, 0.1) is 0 Å². The predicted octanol–water partition coefficient (Wildman–Crippen LogP) is 4.17. The van der Waals surface area contributed by atoms with E-state index in [0.717, 1.165) is 24.9 Å². The van der Waals surface area contributed by atoms with Crippen LogP contribution in [-0.2, 0) is 16.3 Å². The monoisotopic (exact) mass is 337 g/mol. The molecule has 2 aromatic rings. The van der Waals surface area contributed by atoms with Crippen molar-refractivity contribution in [2.75, 3.05) is 5.32 Å².